The molecule has 0 radical (unpaired) electrons. The quantitative estimate of drug-likeness (QED) is 0.635. The number of unbranched alkanes of at least 4 members (excludes halogenated alkanes) is 1. The average molecular weight is 241 g/mol. The maximum atomic E-state index is 11.6. The van der Waals surface area contributed by atoms with E-state index in [1.165, 1.54) is 25.7 Å². The number of carbonyl (C=O) groups is 1. The van der Waals surface area contributed by atoms with Gasteiger partial charge in [-0.25, -0.2) is 0 Å². The Bertz CT molecular complexity index is 229. The van der Waals surface area contributed by atoms with Crippen LogP contribution >= 0.6 is 0 Å². The molecule has 3 N–H and O–H groups in total. The highest BCUT2D eigenvalue weighted by atomic mass is 16.1. The van der Waals surface area contributed by atoms with Crippen molar-refractivity contribution in [3.05, 3.63) is 0 Å². The van der Waals surface area contributed by atoms with Crippen molar-refractivity contribution < 1.29 is 4.79 Å². The molecule has 0 spiro atoms. The molecule has 4 nitrogen and oxygen atoms in total. The molecule has 0 aliphatic heterocycles. The van der Waals surface area contributed by atoms with Gasteiger partial charge in [-0.2, -0.15) is 0 Å². The molecule has 1 amide bonds. The summed E-state index contributed by atoms with van der Waals surface area (Å²) < 4.78 is 0. The Morgan fingerprint density at radius 2 is 2.18 bits per heavy atom. The van der Waals surface area contributed by atoms with Gasteiger partial charge in [0, 0.05) is 31.6 Å². The van der Waals surface area contributed by atoms with E-state index in [4.69, 9.17) is 5.73 Å². The zero-order chi connectivity index (χ0) is 12.7. The van der Waals surface area contributed by atoms with Crippen LogP contribution in [0.25, 0.3) is 0 Å². The second-order valence-corrected chi connectivity index (χ2v) is 4.87. The summed E-state index contributed by atoms with van der Waals surface area (Å²) in [4.78, 5) is 14.1. The lowest BCUT2D eigenvalue weighted by molar-refractivity contribution is -0.122. The summed E-state index contributed by atoms with van der Waals surface area (Å²) in [6.45, 7) is 6.52. The number of nitrogens with two attached hydrogens (primary N) is 1. The van der Waals surface area contributed by atoms with Crippen molar-refractivity contribution in [1.29, 1.82) is 0 Å². The predicted molar refractivity (Wildman–Crippen MR) is 70.8 cm³/mol. The highest BCUT2D eigenvalue weighted by Gasteiger charge is 2.33. The SMILES string of the molecule is CCCCN(C1CC1)C(CN)CC(=O)NCC. The highest BCUT2D eigenvalue weighted by Crippen LogP contribution is 2.29. The third kappa shape index (κ3) is 5.04. The lowest BCUT2D eigenvalue weighted by Gasteiger charge is -2.30. The van der Waals surface area contributed by atoms with Crippen molar-refractivity contribution in [3.63, 3.8) is 0 Å². The zero-order valence-corrected chi connectivity index (χ0v) is 11.2. The molecule has 1 fully saturated rings. The molecule has 1 atom stereocenters. The molecule has 0 aromatic rings. The minimum atomic E-state index is 0.130. The summed E-state index contributed by atoms with van der Waals surface area (Å²) in [7, 11) is 0. The van der Waals surface area contributed by atoms with Crippen LogP contribution in [0.4, 0.5) is 0 Å². The monoisotopic (exact) mass is 241 g/mol. The van der Waals surface area contributed by atoms with E-state index in [1.807, 2.05) is 6.92 Å². The molecule has 17 heavy (non-hydrogen) atoms. The smallest absolute Gasteiger partial charge is 0.221 e. The Hall–Kier alpha value is -0.610. The Morgan fingerprint density at radius 1 is 1.47 bits per heavy atom. The van der Waals surface area contributed by atoms with Gasteiger partial charge in [0.1, 0.15) is 0 Å². The molecule has 0 heterocycles. The van der Waals surface area contributed by atoms with Gasteiger partial charge in [0.15, 0.2) is 0 Å². The van der Waals surface area contributed by atoms with E-state index in [2.05, 4.69) is 17.1 Å². The number of amides is 1. The second kappa shape index (κ2) is 7.67. The Morgan fingerprint density at radius 3 is 2.65 bits per heavy atom. The molecule has 0 bridgehead atoms. The minimum absolute atomic E-state index is 0.130. The Labute approximate surface area is 105 Å². The van der Waals surface area contributed by atoms with E-state index < -0.39 is 0 Å². The number of nitrogens with one attached hydrogen (secondary N) is 1. The van der Waals surface area contributed by atoms with Crippen LogP contribution in [0.3, 0.4) is 0 Å². The molecule has 0 saturated heterocycles. The Kier molecular flexibility index (Phi) is 6.52. The van der Waals surface area contributed by atoms with E-state index in [1.54, 1.807) is 0 Å². The Balaban J connectivity index is 2.45. The van der Waals surface area contributed by atoms with Crippen LogP contribution in [0.15, 0.2) is 0 Å². The normalized spacial score (nSPS) is 17.2. The fourth-order valence-corrected chi connectivity index (χ4v) is 2.23. The zero-order valence-electron chi connectivity index (χ0n) is 11.2. The maximum absolute atomic E-state index is 11.6. The van der Waals surface area contributed by atoms with Crippen molar-refractivity contribution in [2.75, 3.05) is 19.6 Å². The summed E-state index contributed by atoms with van der Waals surface area (Å²) in [5, 5.41) is 2.86. The minimum Gasteiger partial charge on any atom is -0.356 e. The van der Waals surface area contributed by atoms with Crippen LogP contribution in [0.2, 0.25) is 0 Å². The van der Waals surface area contributed by atoms with Crippen molar-refractivity contribution >= 4 is 5.91 Å². The van der Waals surface area contributed by atoms with Crippen molar-refractivity contribution in [1.82, 2.24) is 10.2 Å². The third-order valence-electron chi connectivity index (χ3n) is 3.32. The van der Waals surface area contributed by atoms with Gasteiger partial charge in [0.05, 0.1) is 0 Å². The van der Waals surface area contributed by atoms with Crippen molar-refractivity contribution in [2.45, 2.75) is 58.0 Å². The summed E-state index contributed by atoms with van der Waals surface area (Å²) in [5.74, 6) is 0.130. The molecule has 1 rings (SSSR count). The first-order valence-electron chi connectivity index (χ1n) is 6.95. The first kappa shape index (κ1) is 14.5. The standard InChI is InChI=1S/C13H27N3O/c1-3-5-8-16(11-6-7-11)12(10-14)9-13(17)15-4-2/h11-12H,3-10,14H2,1-2H3,(H,15,17). The number of rotatable bonds is 9. The fourth-order valence-electron chi connectivity index (χ4n) is 2.23. The van der Waals surface area contributed by atoms with E-state index in [0.29, 0.717) is 25.6 Å². The first-order valence-corrected chi connectivity index (χ1v) is 6.95. The molecule has 0 aromatic heterocycles. The van der Waals surface area contributed by atoms with Crippen LogP contribution in [0.5, 0.6) is 0 Å². The van der Waals surface area contributed by atoms with Gasteiger partial charge >= 0.3 is 0 Å². The third-order valence-corrected chi connectivity index (χ3v) is 3.32. The van der Waals surface area contributed by atoms with Gasteiger partial charge in [-0.05, 0) is 32.7 Å². The first-order chi connectivity index (χ1) is 8.22. The molecule has 1 saturated carbocycles. The van der Waals surface area contributed by atoms with Crippen LogP contribution in [-0.4, -0.2) is 42.5 Å². The molecule has 4 heteroatoms. The largest absolute Gasteiger partial charge is 0.356 e. The van der Waals surface area contributed by atoms with E-state index in [-0.39, 0.29) is 11.9 Å². The van der Waals surface area contributed by atoms with Gasteiger partial charge in [-0.3, -0.25) is 9.69 Å². The summed E-state index contributed by atoms with van der Waals surface area (Å²) in [6.07, 6.45) is 5.49. The average Bonchev–Trinajstić information content (AvgIpc) is 3.12. The molecule has 100 valence electrons. The highest BCUT2D eigenvalue weighted by molar-refractivity contribution is 5.76. The van der Waals surface area contributed by atoms with Gasteiger partial charge < -0.3 is 11.1 Å². The molecule has 1 aliphatic carbocycles. The molecule has 1 aliphatic rings. The number of hydrogen-bond donors (Lipinski definition) is 2. The predicted octanol–water partition coefficient (Wildman–Crippen LogP) is 1.10. The lowest BCUT2D eigenvalue weighted by Crippen LogP contribution is -2.45. The van der Waals surface area contributed by atoms with Crippen LogP contribution in [-0.2, 0) is 4.79 Å². The number of nitrogens with zero attached hydrogens (tertiary/aromatic N) is 1. The molecule has 1 unspecified atom stereocenters. The summed E-state index contributed by atoms with van der Waals surface area (Å²) in [6, 6.07) is 0.908. The molecular weight excluding hydrogens is 214 g/mol. The van der Waals surface area contributed by atoms with Crippen LogP contribution < -0.4 is 11.1 Å². The van der Waals surface area contributed by atoms with Gasteiger partial charge in [-0.1, -0.05) is 13.3 Å². The lowest BCUT2D eigenvalue weighted by atomic mass is 10.1. The van der Waals surface area contributed by atoms with E-state index in [0.717, 1.165) is 6.54 Å². The summed E-state index contributed by atoms with van der Waals surface area (Å²) >= 11 is 0. The summed E-state index contributed by atoms with van der Waals surface area (Å²) in [5.41, 5.74) is 5.83. The van der Waals surface area contributed by atoms with Gasteiger partial charge in [-0.15, -0.1) is 0 Å². The van der Waals surface area contributed by atoms with E-state index >= 15 is 0 Å². The second-order valence-electron chi connectivity index (χ2n) is 4.87. The van der Waals surface area contributed by atoms with Gasteiger partial charge in [0.25, 0.3) is 0 Å². The molecule has 0 aromatic carbocycles. The van der Waals surface area contributed by atoms with Gasteiger partial charge in [0.2, 0.25) is 5.91 Å². The van der Waals surface area contributed by atoms with Crippen molar-refractivity contribution in [2.24, 2.45) is 5.73 Å². The number of carbonyl (C=O) groups excluding carboxylic acids is 1. The maximum Gasteiger partial charge on any atom is 0.221 e. The molecular formula is C13H27N3O. The van der Waals surface area contributed by atoms with E-state index in [9.17, 15) is 4.79 Å². The number of hydrogen-bond acceptors (Lipinski definition) is 3. The fraction of sp³-hybridized carbons (Fsp3) is 0.923. The topological polar surface area (TPSA) is 58.4 Å². The van der Waals surface area contributed by atoms with Crippen LogP contribution in [0, 0.1) is 0 Å². The van der Waals surface area contributed by atoms with Crippen molar-refractivity contribution in [3.8, 4) is 0 Å². The van der Waals surface area contributed by atoms with Crippen LogP contribution in [0.1, 0.15) is 46.0 Å².